The third kappa shape index (κ3) is 4.59. The van der Waals surface area contributed by atoms with Gasteiger partial charge in [-0.05, 0) is 44.1 Å². The second-order valence-electron chi connectivity index (χ2n) is 6.90. The first-order chi connectivity index (χ1) is 12.7. The molecule has 3 rings (SSSR count). The Kier molecular flexibility index (Phi) is 6.20. The van der Waals surface area contributed by atoms with Crippen LogP contribution >= 0.6 is 0 Å². The molecule has 1 N–H and O–H groups in total. The predicted molar refractivity (Wildman–Crippen MR) is 101 cm³/mol. The number of aryl methyl sites for hydroxylation is 1. The lowest BCUT2D eigenvalue weighted by Crippen LogP contribution is -2.32. The molecule has 1 aliphatic rings. The smallest absolute Gasteiger partial charge is 0.274 e. The van der Waals surface area contributed by atoms with Crippen LogP contribution in [0.2, 0.25) is 0 Å². The number of likely N-dealkylation sites (tertiary alicyclic amines) is 1. The van der Waals surface area contributed by atoms with Crippen molar-refractivity contribution in [3.05, 3.63) is 36.0 Å². The van der Waals surface area contributed by atoms with Crippen LogP contribution in [0.15, 0.2) is 24.7 Å². The highest BCUT2D eigenvalue weighted by Crippen LogP contribution is 2.22. The average molecular weight is 356 g/mol. The van der Waals surface area contributed by atoms with Crippen molar-refractivity contribution in [2.45, 2.75) is 45.6 Å². The summed E-state index contributed by atoms with van der Waals surface area (Å²) in [7, 11) is 1.84. The molecule has 1 atom stereocenters. The van der Waals surface area contributed by atoms with E-state index in [-0.39, 0.29) is 5.91 Å². The van der Waals surface area contributed by atoms with Gasteiger partial charge in [-0.3, -0.25) is 14.5 Å². The molecule has 1 unspecified atom stereocenters. The fraction of sp³-hybridized carbons (Fsp3) is 0.579. The Labute approximate surface area is 154 Å². The Morgan fingerprint density at radius 2 is 2.15 bits per heavy atom. The molecule has 0 saturated carbocycles. The fourth-order valence-corrected chi connectivity index (χ4v) is 3.45. The van der Waals surface area contributed by atoms with E-state index >= 15 is 0 Å². The largest absolute Gasteiger partial charge is 0.372 e. The standard InChI is InChI=1S/C19H28N6O/c1-3-8-25-11-7-17(23-25)19(26)24-9-4-5-15(6-10-24)12-16-13-22-18(20-2)14-21-16/h7,11,13-15H,3-6,8-10,12H2,1-2H3,(H,20,22). The van der Waals surface area contributed by atoms with Crippen LogP contribution in [0.1, 0.15) is 48.8 Å². The third-order valence-corrected chi connectivity index (χ3v) is 4.91. The molecule has 1 fully saturated rings. The number of carbonyl (C=O) groups excluding carboxylic acids is 1. The van der Waals surface area contributed by atoms with Crippen molar-refractivity contribution in [1.82, 2.24) is 24.6 Å². The first-order valence-corrected chi connectivity index (χ1v) is 9.51. The van der Waals surface area contributed by atoms with E-state index in [4.69, 9.17) is 0 Å². The number of aromatic nitrogens is 4. The summed E-state index contributed by atoms with van der Waals surface area (Å²) < 4.78 is 1.85. The molecule has 1 saturated heterocycles. The summed E-state index contributed by atoms with van der Waals surface area (Å²) in [5.41, 5.74) is 1.58. The van der Waals surface area contributed by atoms with Crippen molar-refractivity contribution >= 4 is 11.7 Å². The number of anilines is 1. The van der Waals surface area contributed by atoms with Gasteiger partial charge in [-0.15, -0.1) is 0 Å². The number of nitrogens with zero attached hydrogens (tertiary/aromatic N) is 5. The first kappa shape index (κ1) is 18.4. The van der Waals surface area contributed by atoms with Crippen molar-refractivity contribution < 1.29 is 4.79 Å². The maximum atomic E-state index is 12.7. The summed E-state index contributed by atoms with van der Waals surface area (Å²) in [6, 6.07) is 1.83. The van der Waals surface area contributed by atoms with E-state index < -0.39 is 0 Å². The van der Waals surface area contributed by atoms with E-state index in [0.717, 1.165) is 63.3 Å². The molecule has 7 nitrogen and oxygen atoms in total. The van der Waals surface area contributed by atoms with Crippen LogP contribution in [-0.2, 0) is 13.0 Å². The lowest BCUT2D eigenvalue weighted by molar-refractivity contribution is 0.0753. The van der Waals surface area contributed by atoms with Gasteiger partial charge in [0.05, 0.1) is 18.1 Å². The van der Waals surface area contributed by atoms with Crippen LogP contribution in [0.3, 0.4) is 0 Å². The summed E-state index contributed by atoms with van der Waals surface area (Å²) in [4.78, 5) is 23.5. The molecule has 3 heterocycles. The van der Waals surface area contributed by atoms with Crippen LogP contribution in [0.25, 0.3) is 0 Å². The van der Waals surface area contributed by atoms with Crippen molar-refractivity contribution in [2.75, 3.05) is 25.5 Å². The maximum absolute atomic E-state index is 12.7. The number of rotatable bonds is 6. The molecule has 26 heavy (non-hydrogen) atoms. The minimum Gasteiger partial charge on any atom is -0.372 e. The van der Waals surface area contributed by atoms with E-state index in [1.807, 2.05) is 35.1 Å². The van der Waals surface area contributed by atoms with Gasteiger partial charge in [-0.25, -0.2) is 4.98 Å². The number of amides is 1. The number of nitrogens with one attached hydrogen (secondary N) is 1. The molecule has 1 aliphatic heterocycles. The number of carbonyl (C=O) groups is 1. The van der Waals surface area contributed by atoms with Crippen LogP contribution in [0, 0.1) is 5.92 Å². The fourth-order valence-electron chi connectivity index (χ4n) is 3.45. The van der Waals surface area contributed by atoms with Crippen LogP contribution in [0.5, 0.6) is 0 Å². The van der Waals surface area contributed by atoms with Gasteiger partial charge in [0.2, 0.25) is 0 Å². The van der Waals surface area contributed by atoms with E-state index in [0.29, 0.717) is 11.6 Å². The summed E-state index contributed by atoms with van der Waals surface area (Å²) >= 11 is 0. The molecule has 0 spiro atoms. The topological polar surface area (TPSA) is 75.9 Å². The molecule has 2 aromatic rings. The molecule has 1 amide bonds. The molecular formula is C19H28N6O. The molecule has 0 bridgehead atoms. The van der Waals surface area contributed by atoms with Crippen molar-refractivity contribution in [2.24, 2.45) is 5.92 Å². The molecule has 0 aliphatic carbocycles. The minimum atomic E-state index is 0.0543. The Morgan fingerprint density at radius 1 is 1.27 bits per heavy atom. The molecule has 0 aromatic carbocycles. The number of hydrogen-bond acceptors (Lipinski definition) is 5. The van der Waals surface area contributed by atoms with Gasteiger partial charge in [-0.2, -0.15) is 5.10 Å². The molecule has 140 valence electrons. The molecule has 0 radical (unpaired) electrons. The first-order valence-electron chi connectivity index (χ1n) is 9.51. The second-order valence-corrected chi connectivity index (χ2v) is 6.90. The molecule has 7 heteroatoms. The zero-order chi connectivity index (χ0) is 18.4. The zero-order valence-corrected chi connectivity index (χ0v) is 15.7. The third-order valence-electron chi connectivity index (χ3n) is 4.91. The van der Waals surface area contributed by atoms with Gasteiger partial charge in [0.1, 0.15) is 11.5 Å². The maximum Gasteiger partial charge on any atom is 0.274 e. The van der Waals surface area contributed by atoms with Crippen molar-refractivity contribution in [1.29, 1.82) is 0 Å². The Morgan fingerprint density at radius 3 is 2.88 bits per heavy atom. The van der Waals surface area contributed by atoms with E-state index in [1.165, 1.54) is 0 Å². The lowest BCUT2D eigenvalue weighted by atomic mass is 9.95. The number of hydrogen-bond donors (Lipinski definition) is 1. The van der Waals surface area contributed by atoms with Gasteiger partial charge in [0.25, 0.3) is 5.91 Å². The van der Waals surface area contributed by atoms with Gasteiger partial charge >= 0.3 is 0 Å². The lowest BCUT2D eigenvalue weighted by Gasteiger charge is -2.19. The van der Waals surface area contributed by atoms with Gasteiger partial charge in [-0.1, -0.05) is 6.92 Å². The molecule has 2 aromatic heterocycles. The SMILES string of the molecule is CCCn1ccc(C(=O)N2CCCC(Cc3cnc(NC)cn3)CC2)n1. The highest BCUT2D eigenvalue weighted by molar-refractivity contribution is 5.92. The van der Waals surface area contributed by atoms with Crippen LogP contribution < -0.4 is 5.32 Å². The van der Waals surface area contributed by atoms with Crippen LogP contribution in [-0.4, -0.2) is 50.7 Å². The Bertz CT molecular complexity index is 711. The summed E-state index contributed by atoms with van der Waals surface area (Å²) in [6.07, 6.45) is 10.6. The summed E-state index contributed by atoms with van der Waals surface area (Å²) in [6.45, 7) is 4.55. The quantitative estimate of drug-likeness (QED) is 0.861. The van der Waals surface area contributed by atoms with Gasteiger partial charge < -0.3 is 10.2 Å². The predicted octanol–water partition coefficient (Wildman–Crippen LogP) is 2.61. The minimum absolute atomic E-state index is 0.0543. The van der Waals surface area contributed by atoms with Gasteiger partial charge in [0, 0.05) is 32.9 Å². The average Bonchev–Trinajstić information content (AvgIpc) is 3.00. The zero-order valence-electron chi connectivity index (χ0n) is 15.7. The second kappa shape index (κ2) is 8.78. The summed E-state index contributed by atoms with van der Waals surface area (Å²) in [5, 5.41) is 7.40. The van der Waals surface area contributed by atoms with E-state index in [2.05, 4.69) is 27.3 Å². The normalized spacial score (nSPS) is 17.8. The van der Waals surface area contributed by atoms with Crippen molar-refractivity contribution in [3.8, 4) is 0 Å². The highest BCUT2D eigenvalue weighted by atomic mass is 16.2. The van der Waals surface area contributed by atoms with Gasteiger partial charge in [0.15, 0.2) is 0 Å². The Hall–Kier alpha value is -2.44. The monoisotopic (exact) mass is 356 g/mol. The van der Waals surface area contributed by atoms with Crippen LogP contribution in [0.4, 0.5) is 5.82 Å². The Balaban J connectivity index is 1.55. The van der Waals surface area contributed by atoms with Crippen molar-refractivity contribution in [3.63, 3.8) is 0 Å². The van der Waals surface area contributed by atoms with E-state index in [9.17, 15) is 4.79 Å². The summed E-state index contributed by atoms with van der Waals surface area (Å²) in [5.74, 6) is 1.38. The van der Waals surface area contributed by atoms with E-state index in [1.54, 1.807) is 6.20 Å². The highest BCUT2D eigenvalue weighted by Gasteiger charge is 2.23. The molecular weight excluding hydrogens is 328 g/mol.